The van der Waals surface area contributed by atoms with Gasteiger partial charge in [0.25, 0.3) is 0 Å². The van der Waals surface area contributed by atoms with Gasteiger partial charge in [0.15, 0.2) is 0 Å². The fourth-order valence-corrected chi connectivity index (χ4v) is 2.46. The maximum absolute atomic E-state index is 5.41. The minimum absolute atomic E-state index is 0.357. The summed E-state index contributed by atoms with van der Waals surface area (Å²) in [5.74, 6) is 1.54. The number of hydrogen-bond donors (Lipinski definition) is 0. The van der Waals surface area contributed by atoms with Crippen LogP contribution in [-0.4, -0.2) is 36.3 Å². The Hall–Kier alpha value is -1.16. The molecule has 1 aliphatic rings. The van der Waals surface area contributed by atoms with Crippen molar-refractivity contribution in [3.8, 4) is 0 Å². The molecule has 1 aliphatic heterocycles. The van der Waals surface area contributed by atoms with Crippen molar-refractivity contribution in [3.05, 3.63) is 18.0 Å². The van der Waals surface area contributed by atoms with E-state index in [-0.39, 0.29) is 0 Å². The van der Waals surface area contributed by atoms with Crippen LogP contribution in [0.2, 0.25) is 0 Å². The maximum Gasteiger partial charge on any atom is 0.225 e. The molecule has 1 fully saturated rings. The van der Waals surface area contributed by atoms with Gasteiger partial charge in [-0.3, -0.25) is 0 Å². The Morgan fingerprint density at radius 1 is 1.33 bits per heavy atom. The van der Waals surface area contributed by atoms with Gasteiger partial charge in [-0.15, -0.1) is 0 Å². The molecule has 0 unspecified atom stereocenters. The number of methoxy groups -OCH3 is 1. The Balaban J connectivity index is 1.92. The molecule has 1 aromatic rings. The highest BCUT2D eigenvalue weighted by Crippen LogP contribution is 2.24. The molecule has 2 rings (SSSR count). The van der Waals surface area contributed by atoms with Gasteiger partial charge in [-0.25, -0.2) is 9.97 Å². The van der Waals surface area contributed by atoms with Crippen LogP contribution in [0.15, 0.2) is 12.4 Å². The number of anilines is 1. The number of ether oxygens (including phenoxy) is 1. The summed E-state index contributed by atoms with van der Waals surface area (Å²) in [7, 11) is 1.80. The summed E-state index contributed by atoms with van der Waals surface area (Å²) in [4.78, 5) is 11.2. The molecule has 0 radical (unpaired) electrons. The zero-order valence-corrected chi connectivity index (χ0v) is 11.6. The highest BCUT2D eigenvalue weighted by atomic mass is 16.5. The van der Waals surface area contributed by atoms with E-state index in [0.29, 0.717) is 12.0 Å². The molecule has 1 saturated heterocycles. The second-order valence-corrected chi connectivity index (χ2v) is 5.01. The van der Waals surface area contributed by atoms with Crippen molar-refractivity contribution in [1.29, 1.82) is 0 Å². The van der Waals surface area contributed by atoms with Crippen LogP contribution >= 0.6 is 0 Å². The van der Waals surface area contributed by atoms with E-state index in [9.17, 15) is 0 Å². The Bertz CT molecular complexity index is 358. The van der Waals surface area contributed by atoms with Crippen molar-refractivity contribution >= 4 is 5.95 Å². The van der Waals surface area contributed by atoms with E-state index < -0.39 is 0 Å². The molecule has 18 heavy (non-hydrogen) atoms. The molecule has 0 aliphatic carbocycles. The van der Waals surface area contributed by atoms with Gasteiger partial charge in [-0.2, -0.15) is 0 Å². The minimum atomic E-state index is 0.357. The fourth-order valence-electron chi connectivity index (χ4n) is 2.46. The van der Waals surface area contributed by atoms with Crippen LogP contribution < -0.4 is 4.90 Å². The minimum Gasteiger partial charge on any atom is -0.381 e. The van der Waals surface area contributed by atoms with Gasteiger partial charge in [0.1, 0.15) is 0 Å². The Labute approximate surface area is 109 Å². The second-order valence-electron chi connectivity index (χ2n) is 5.01. The van der Waals surface area contributed by atoms with E-state index in [0.717, 1.165) is 38.3 Å². The van der Waals surface area contributed by atoms with E-state index >= 15 is 0 Å². The average molecular weight is 249 g/mol. The van der Waals surface area contributed by atoms with Gasteiger partial charge in [0.05, 0.1) is 6.10 Å². The Morgan fingerprint density at radius 2 is 1.94 bits per heavy atom. The average Bonchev–Trinajstić information content (AvgIpc) is 2.47. The monoisotopic (exact) mass is 249 g/mol. The third kappa shape index (κ3) is 2.99. The molecule has 1 atom stereocenters. The second kappa shape index (κ2) is 6.14. The molecular formula is C14H23N3O. The quantitative estimate of drug-likeness (QED) is 0.820. The normalized spacial score (nSPS) is 18.9. The maximum atomic E-state index is 5.41. The number of aromatic nitrogens is 2. The number of hydrogen-bond acceptors (Lipinski definition) is 4. The van der Waals surface area contributed by atoms with Crippen LogP contribution in [0.5, 0.6) is 0 Å². The van der Waals surface area contributed by atoms with Crippen LogP contribution in [-0.2, 0) is 11.2 Å². The van der Waals surface area contributed by atoms with Gasteiger partial charge < -0.3 is 9.64 Å². The topological polar surface area (TPSA) is 38.2 Å². The lowest BCUT2D eigenvalue weighted by molar-refractivity contribution is 0.0563. The van der Waals surface area contributed by atoms with E-state index in [1.807, 2.05) is 12.4 Å². The van der Waals surface area contributed by atoms with Gasteiger partial charge in [0.2, 0.25) is 5.95 Å². The molecule has 2 heterocycles. The van der Waals surface area contributed by atoms with Crippen LogP contribution in [0.1, 0.15) is 32.3 Å². The first-order valence-electron chi connectivity index (χ1n) is 6.83. The smallest absolute Gasteiger partial charge is 0.225 e. The van der Waals surface area contributed by atoms with Crippen molar-refractivity contribution in [2.45, 2.75) is 39.2 Å². The van der Waals surface area contributed by atoms with Crippen molar-refractivity contribution in [3.63, 3.8) is 0 Å². The molecule has 0 saturated carbocycles. The van der Waals surface area contributed by atoms with Crippen molar-refractivity contribution < 1.29 is 4.74 Å². The van der Waals surface area contributed by atoms with Gasteiger partial charge >= 0.3 is 0 Å². The highest BCUT2D eigenvalue weighted by Gasteiger charge is 2.24. The SMILES string of the molecule is CCc1cnc(N2CCC([C@H](C)OC)CC2)nc1. The predicted octanol–water partition coefficient (Wildman–Crippen LogP) is 2.29. The lowest BCUT2D eigenvalue weighted by Gasteiger charge is -2.34. The lowest BCUT2D eigenvalue weighted by Crippen LogP contribution is -2.38. The summed E-state index contributed by atoms with van der Waals surface area (Å²) in [6.07, 6.45) is 7.55. The van der Waals surface area contributed by atoms with Gasteiger partial charge in [0, 0.05) is 32.6 Å². The van der Waals surface area contributed by atoms with Crippen molar-refractivity contribution in [1.82, 2.24) is 9.97 Å². The first kappa shape index (κ1) is 13.3. The molecule has 0 amide bonds. The largest absolute Gasteiger partial charge is 0.381 e. The molecule has 100 valence electrons. The highest BCUT2D eigenvalue weighted by molar-refractivity contribution is 5.30. The molecule has 4 nitrogen and oxygen atoms in total. The number of nitrogens with zero attached hydrogens (tertiary/aromatic N) is 3. The van der Waals surface area contributed by atoms with E-state index in [4.69, 9.17) is 4.74 Å². The standard InChI is InChI=1S/C14H23N3O/c1-4-12-9-15-14(16-10-12)17-7-5-13(6-8-17)11(2)18-3/h9-11,13H,4-8H2,1-3H3/t11-/m0/s1. The Kier molecular flexibility index (Phi) is 4.53. The number of aryl methyl sites for hydroxylation is 1. The van der Waals surface area contributed by atoms with Crippen molar-refractivity contribution in [2.24, 2.45) is 5.92 Å². The Morgan fingerprint density at radius 3 is 2.44 bits per heavy atom. The fraction of sp³-hybridized carbons (Fsp3) is 0.714. The summed E-state index contributed by atoms with van der Waals surface area (Å²) in [6, 6.07) is 0. The molecule has 0 bridgehead atoms. The molecule has 0 N–H and O–H groups in total. The molecule has 4 heteroatoms. The van der Waals surface area contributed by atoms with E-state index in [1.54, 1.807) is 7.11 Å². The number of rotatable bonds is 4. The summed E-state index contributed by atoms with van der Waals surface area (Å²) >= 11 is 0. The van der Waals surface area contributed by atoms with E-state index in [2.05, 4.69) is 28.7 Å². The summed E-state index contributed by atoms with van der Waals surface area (Å²) in [5, 5.41) is 0. The van der Waals surface area contributed by atoms with E-state index in [1.165, 1.54) is 5.56 Å². The van der Waals surface area contributed by atoms with Crippen molar-refractivity contribution in [2.75, 3.05) is 25.1 Å². The number of piperidine rings is 1. The van der Waals surface area contributed by atoms with Gasteiger partial charge in [-0.1, -0.05) is 6.92 Å². The first-order valence-corrected chi connectivity index (χ1v) is 6.83. The molecular weight excluding hydrogens is 226 g/mol. The summed E-state index contributed by atoms with van der Waals surface area (Å²) in [6.45, 7) is 6.34. The summed E-state index contributed by atoms with van der Waals surface area (Å²) in [5.41, 5.74) is 1.20. The van der Waals surface area contributed by atoms with Crippen LogP contribution in [0.25, 0.3) is 0 Å². The molecule has 0 spiro atoms. The molecule has 1 aromatic heterocycles. The third-order valence-corrected chi connectivity index (χ3v) is 3.96. The van der Waals surface area contributed by atoms with Crippen LogP contribution in [0.4, 0.5) is 5.95 Å². The zero-order valence-electron chi connectivity index (χ0n) is 11.6. The lowest BCUT2D eigenvalue weighted by atomic mass is 9.92. The zero-order chi connectivity index (χ0) is 13.0. The first-order chi connectivity index (χ1) is 8.74. The van der Waals surface area contributed by atoms with Crippen LogP contribution in [0.3, 0.4) is 0 Å². The third-order valence-electron chi connectivity index (χ3n) is 3.96. The molecule has 0 aromatic carbocycles. The summed E-state index contributed by atoms with van der Waals surface area (Å²) < 4.78 is 5.41. The van der Waals surface area contributed by atoms with Crippen LogP contribution in [0, 0.1) is 5.92 Å². The predicted molar refractivity (Wildman–Crippen MR) is 72.8 cm³/mol. The van der Waals surface area contributed by atoms with Gasteiger partial charge in [-0.05, 0) is 37.7 Å².